The van der Waals surface area contributed by atoms with Crippen LogP contribution >= 0.6 is 0 Å². The van der Waals surface area contributed by atoms with E-state index in [-0.39, 0.29) is 5.75 Å². The van der Waals surface area contributed by atoms with Crippen LogP contribution in [0.15, 0.2) is 48.5 Å². The Balaban J connectivity index is 2.06. The fourth-order valence-electron chi connectivity index (χ4n) is 1.52. The standard InChI is InChI=1S/C14H11N3O2/c15-9-10-3-1-2-4-13(10)17-14(19)16-11-5-7-12(18)8-6-11/h1-8,18H,(H2,16,17,19). The molecule has 5 heteroatoms. The molecule has 0 spiro atoms. The Bertz CT molecular complexity index is 630. The van der Waals surface area contributed by atoms with Crippen molar-refractivity contribution in [3.05, 3.63) is 54.1 Å². The highest BCUT2D eigenvalue weighted by molar-refractivity contribution is 6.00. The smallest absolute Gasteiger partial charge is 0.323 e. The molecule has 2 rings (SSSR count). The first-order chi connectivity index (χ1) is 9.19. The molecular formula is C14H11N3O2. The molecule has 0 fully saturated rings. The number of rotatable bonds is 2. The second-order valence-electron chi connectivity index (χ2n) is 3.78. The van der Waals surface area contributed by atoms with Crippen molar-refractivity contribution in [3.63, 3.8) is 0 Å². The molecule has 0 saturated heterocycles. The van der Waals surface area contributed by atoms with Crippen molar-refractivity contribution >= 4 is 17.4 Å². The number of aromatic hydroxyl groups is 1. The van der Waals surface area contributed by atoms with Gasteiger partial charge in [0.15, 0.2) is 0 Å². The molecule has 3 N–H and O–H groups in total. The van der Waals surface area contributed by atoms with E-state index in [1.54, 1.807) is 36.4 Å². The summed E-state index contributed by atoms with van der Waals surface area (Å²) in [6.07, 6.45) is 0. The first-order valence-corrected chi connectivity index (χ1v) is 5.55. The number of hydrogen-bond donors (Lipinski definition) is 3. The molecule has 0 aliphatic carbocycles. The Kier molecular flexibility index (Phi) is 3.64. The van der Waals surface area contributed by atoms with Crippen molar-refractivity contribution in [1.82, 2.24) is 0 Å². The zero-order chi connectivity index (χ0) is 13.7. The maximum atomic E-state index is 11.7. The molecule has 5 nitrogen and oxygen atoms in total. The number of para-hydroxylation sites is 1. The lowest BCUT2D eigenvalue weighted by Crippen LogP contribution is -2.19. The molecule has 0 unspecified atom stereocenters. The average Bonchev–Trinajstić information content (AvgIpc) is 2.42. The van der Waals surface area contributed by atoms with Crippen molar-refractivity contribution < 1.29 is 9.90 Å². The van der Waals surface area contributed by atoms with Gasteiger partial charge in [0.1, 0.15) is 11.8 Å². The van der Waals surface area contributed by atoms with Crippen LogP contribution in [-0.4, -0.2) is 11.1 Å². The minimum absolute atomic E-state index is 0.126. The summed E-state index contributed by atoms with van der Waals surface area (Å²) in [4.78, 5) is 11.7. The molecule has 0 aliphatic heterocycles. The van der Waals surface area contributed by atoms with Crippen LogP contribution in [0.4, 0.5) is 16.2 Å². The van der Waals surface area contributed by atoms with E-state index < -0.39 is 6.03 Å². The van der Waals surface area contributed by atoms with Gasteiger partial charge in [0.25, 0.3) is 0 Å². The summed E-state index contributed by atoms with van der Waals surface area (Å²) in [5.74, 6) is 0.126. The third-order valence-corrected chi connectivity index (χ3v) is 2.42. The van der Waals surface area contributed by atoms with Crippen LogP contribution in [0.5, 0.6) is 5.75 Å². The molecule has 2 aromatic carbocycles. The molecule has 0 aliphatic rings. The predicted octanol–water partition coefficient (Wildman–Crippen LogP) is 2.91. The van der Waals surface area contributed by atoms with E-state index in [2.05, 4.69) is 10.6 Å². The summed E-state index contributed by atoms with van der Waals surface area (Å²) in [5, 5.41) is 23.2. The molecule has 94 valence electrons. The van der Waals surface area contributed by atoms with E-state index in [1.165, 1.54) is 12.1 Å². The fourth-order valence-corrected chi connectivity index (χ4v) is 1.52. The van der Waals surface area contributed by atoms with E-state index >= 15 is 0 Å². The van der Waals surface area contributed by atoms with Crippen LogP contribution in [0.25, 0.3) is 0 Å². The number of phenols is 1. The van der Waals surface area contributed by atoms with E-state index in [1.807, 2.05) is 6.07 Å². The molecule has 0 aromatic heterocycles. The minimum atomic E-state index is -0.451. The number of nitrogens with one attached hydrogen (secondary N) is 2. The van der Waals surface area contributed by atoms with Gasteiger partial charge < -0.3 is 15.7 Å². The quantitative estimate of drug-likeness (QED) is 0.719. The van der Waals surface area contributed by atoms with Gasteiger partial charge in [0, 0.05) is 5.69 Å². The summed E-state index contributed by atoms with van der Waals surface area (Å²) in [5.41, 5.74) is 1.38. The maximum absolute atomic E-state index is 11.7. The fraction of sp³-hybridized carbons (Fsp3) is 0. The van der Waals surface area contributed by atoms with Crippen molar-refractivity contribution in [2.45, 2.75) is 0 Å². The Labute approximate surface area is 110 Å². The van der Waals surface area contributed by atoms with Crippen molar-refractivity contribution in [3.8, 4) is 11.8 Å². The highest BCUT2D eigenvalue weighted by atomic mass is 16.3. The Hall–Kier alpha value is -3.00. The van der Waals surface area contributed by atoms with E-state index in [9.17, 15) is 4.79 Å². The summed E-state index contributed by atoms with van der Waals surface area (Å²) in [6, 6.07) is 14.4. The normalized spacial score (nSPS) is 9.42. The summed E-state index contributed by atoms with van der Waals surface area (Å²) in [7, 11) is 0. The van der Waals surface area contributed by atoms with Crippen molar-refractivity contribution in [2.24, 2.45) is 0 Å². The SMILES string of the molecule is N#Cc1ccccc1NC(=O)Nc1ccc(O)cc1. The predicted molar refractivity (Wildman–Crippen MR) is 71.9 cm³/mol. The van der Waals surface area contributed by atoms with Crippen LogP contribution in [0.1, 0.15) is 5.56 Å². The van der Waals surface area contributed by atoms with Gasteiger partial charge in [0.2, 0.25) is 0 Å². The molecule has 0 atom stereocenters. The average molecular weight is 253 g/mol. The number of phenolic OH excluding ortho intramolecular Hbond substituents is 1. The van der Waals surface area contributed by atoms with Gasteiger partial charge in [-0.2, -0.15) is 5.26 Å². The van der Waals surface area contributed by atoms with Gasteiger partial charge in [-0.05, 0) is 36.4 Å². The maximum Gasteiger partial charge on any atom is 0.323 e. The summed E-state index contributed by atoms with van der Waals surface area (Å²) in [6.45, 7) is 0. The first-order valence-electron chi connectivity index (χ1n) is 5.55. The number of carbonyl (C=O) groups excluding carboxylic acids is 1. The zero-order valence-electron chi connectivity index (χ0n) is 9.92. The molecular weight excluding hydrogens is 242 g/mol. The number of urea groups is 1. The topological polar surface area (TPSA) is 85.2 Å². The molecule has 0 saturated carbocycles. The van der Waals surface area contributed by atoms with Gasteiger partial charge in [-0.1, -0.05) is 12.1 Å². The number of benzene rings is 2. The number of nitriles is 1. The monoisotopic (exact) mass is 253 g/mol. The number of nitrogens with zero attached hydrogens (tertiary/aromatic N) is 1. The van der Waals surface area contributed by atoms with Gasteiger partial charge in [-0.3, -0.25) is 0 Å². The first kappa shape index (κ1) is 12.5. The van der Waals surface area contributed by atoms with Crippen LogP contribution in [0.2, 0.25) is 0 Å². The number of carbonyl (C=O) groups is 1. The van der Waals surface area contributed by atoms with Crippen LogP contribution in [0.3, 0.4) is 0 Å². The lowest BCUT2D eigenvalue weighted by molar-refractivity contribution is 0.262. The number of amides is 2. The Morgan fingerprint density at radius 2 is 1.74 bits per heavy atom. The molecule has 2 aromatic rings. The van der Waals surface area contributed by atoms with Crippen LogP contribution in [0, 0.1) is 11.3 Å². The molecule has 2 amide bonds. The van der Waals surface area contributed by atoms with Gasteiger partial charge in [-0.25, -0.2) is 4.79 Å². The van der Waals surface area contributed by atoms with Crippen LogP contribution < -0.4 is 10.6 Å². The van der Waals surface area contributed by atoms with Crippen molar-refractivity contribution in [1.29, 1.82) is 5.26 Å². The zero-order valence-corrected chi connectivity index (χ0v) is 9.92. The second kappa shape index (κ2) is 5.56. The van der Waals surface area contributed by atoms with E-state index in [0.29, 0.717) is 16.9 Å². The van der Waals surface area contributed by atoms with Crippen LogP contribution in [-0.2, 0) is 0 Å². The van der Waals surface area contributed by atoms with Gasteiger partial charge in [0.05, 0.1) is 11.3 Å². The molecule has 0 radical (unpaired) electrons. The highest BCUT2D eigenvalue weighted by Crippen LogP contribution is 2.16. The second-order valence-corrected chi connectivity index (χ2v) is 3.78. The van der Waals surface area contributed by atoms with Gasteiger partial charge >= 0.3 is 6.03 Å². The lowest BCUT2D eigenvalue weighted by atomic mass is 10.2. The Morgan fingerprint density at radius 1 is 1.05 bits per heavy atom. The third kappa shape index (κ3) is 3.23. The molecule has 0 bridgehead atoms. The summed E-state index contributed by atoms with van der Waals surface area (Å²) < 4.78 is 0. The molecule has 0 heterocycles. The highest BCUT2D eigenvalue weighted by Gasteiger charge is 2.06. The Morgan fingerprint density at radius 3 is 2.42 bits per heavy atom. The molecule has 19 heavy (non-hydrogen) atoms. The van der Waals surface area contributed by atoms with Gasteiger partial charge in [-0.15, -0.1) is 0 Å². The third-order valence-electron chi connectivity index (χ3n) is 2.42. The number of hydrogen-bond acceptors (Lipinski definition) is 3. The van der Waals surface area contributed by atoms with E-state index in [0.717, 1.165) is 0 Å². The largest absolute Gasteiger partial charge is 0.508 e. The number of anilines is 2. The van der Waals surface area contributed by atoms with Crippen molar-refractivity contribution in [2.75, 3.05) is 10.6 Å². The lowest BCUT2D eigenvalue weighted by Gasteiger charge is -2.08. The summed E-state index contributed by atoms with van der Waals surface area (Å²) >= 11 is 0. The van der Waals surface area contributed by atoms with E-state index in [4.69, 9.17) is 10.4 Å². The minimum Gasteiger partial charge on any atom is -0.508 e.